The van der Waals surface area contributed by atoms with Crippen LogP contribution in [0.5, 0.6) is 0 Å². The Hall–Kier alpha value is -4.64. The molecule has 35 heavy (non-hydrogen) atoms. The zero-order valence-electron chi connectivity index (χ0n) is 19.2. The number of para-hydroxylation sites is 1. The van der Waals surface area contributed by atoms with Gasteiger partial charge in [0.05, 0.1) is 11.4 Å². The Bertz CT molecular complexity index is 1390. The Morgan fingerprint density at radius 3 is 2.46 bits per heavy atom. The van der Waals surface area contributed by atoms with Crippen LogP contribution in [0.15, 0.2) is 72.8 Å². The van der Waals surface area contributed by atoms with Gasteiger partial charge in [-0.2, -0.15) is 10.4 Å². The fourth-order valence-corrected chi connectivity index (χ4v) is 3.84. The number of nitrogens with one attached hydrogen (secondary N) is 2. The number of nitriles is 1. The second-order valence-corrected chi connectivity index (χ2v) is 8.09. The highest BCUT2D eigenvalue weighted by Gasteiger charge is 2.16. The summed E-state index contributed by atoms with van der Waals surface area (Å²) in [6, 6.07) is 24.9. The number of fused-ring (bicyclic) bond motifs is 1. The smallest absolute Gasteiger partial charge is 0.251 e. The minimum atomic E-state index is -0.209. The molecule has 8 nitrogen and oxygen atoms in total. The first-order valence-corrected chi connectivity index (χ1v) is 11.4. The molecule has 0 atom stereocenters. The molecular formula is C27H26N6O2. The second-order valence-electron chi connectivity index (χ2n) is 8.09. The number of carbonyl (C=O) groups is 2. The van der Waals surface area contributed by atoms with Crippen molar-refractivity contribution in [1.29, 1.82) is 5.26 Å². The third kappa shape index (κ3) is 5.65. The summed E-state index contributed by atoms with van der Waals surface area (Å²) in [5, 5.41) is 21.7. The van der Waals surface area contributed by atoms with Crippen LogP contribution in [0.4, 0.5) is 5.82 Å². The van der Waals surface area contributed by atoms with E-state index in [0.717, 1.165) is 16.5 Å². The van der Waals surface area contributed by atoms with Gasteiger partial charge in [-0.3, -0.25) is 9.59 Å². The largest absolute Gasteiger partial charge is 0.382 e. The summed E-state index contributed by atoms with van der Waals surface area (Å²) in [4.78, 5) is 24.6. The van der Waals surface area contributed by atoms with Crippen LogP contribution in [0.3, 0.4) is 0 Å². The number of nitrogens with two attached hydrogens (primary N) is 1. The second kappa shape index (κ2) is 11.0. The van der Waals surface area contributed by atoms with Crippen LogP contribution in [0, 0.1) is 11.3 Å². The van der Waals surface area contributed by atoms with Crippen LogP contribution < -0.4 is 16.4 Å². The molecule has 0 saturated carbocycles. The molecule has 8 heteroatoms. The van der Waals surface area contributed by atoms with Crippen molar-refractivity contribution < 1.29 is 9.59 Å². The molecule has 4 aromatic rings. The van der Waals surface area contributed by atoms with Crippen molar-refractivity contribution in [3.63, 3.8) is 0 Å². The third-order valence-corrected chi connectivity index (χ3v) is 5.67. The molecule has 0 saturated heterocycles. The predicted molar refractivity (Wildman–Crippen MR) is 135 cm³/mol. The number of nitrogen functional groups attached to an aromatic ring is 1. The van der Waals surface area contributed by atoms with Crippen molar-refractivity contribution >= 4 is 28.4 Å². The molecule has 0 aliphatic carbocycles. The lowest BCUT2D eigenvalue weighted by molar-refractivity contribution is -0.120. The van der Waals surface area contributed by atoms with E-state index in [-0.39, 0.29) is 24.8 Å². The summed E-state index contributed by atoms with van der Waals surface area (Å²) in [7, 11) is 0. The van der Waals surface area contributed by atoms with E-state index >= 15 is 0 Å². The molecule has 0 bridgehead atoms. The lowest BCUT2D eigenvalue weighted by Gasteiger charge is -2.07. The average Bonchev–Trinajstić information content (AvgIpc) is 3.21. The van der Waals surface area contributed by atoms with Crippen molar-refractivity contribution in [1.82, 2.24) is 20.4 Å². The van der Waals surface area contributed by atoms with E-state index in [1.807, 2.05) is 66.7 Å². The molecule has 0 aliphatic rings. The van der Waals surface area contributed by atoms with Gasteiger partial charge in [0.2, 0.25) is 5.91 Å². The minimum absolute atomic E-state index is 0.154. The number of aromatic nitrogens is 2. The zero-order valence-corrected chi connectivity index (χ0v) is 19.2. The van der Waals surface area contributed by atoms with Crippen molar-refractivity contribution in [2.24, 2.45) is 0 Å². The number of rotatable bonds is 9. The standard InChI is InChI=1S/C27H26N6O2/c28-18-23-24(32-33(26(23)29)22-9-2-1-3-10-22)11-6-15-30-25(34)14-16-31-27(35)21-13-12-19-7-4-5-8-20(19)17-21/h1-5,7-10,12-13,17H,6,11,14-16,29H2,(H,30,34)(H,31,35). The van der Waals surface area contributed by atoms with Crippen LogP contribution in [-0.4, -0.2) is 34.7 Å². The average molecular weight is 467 g/mol. The Labute approximate surface area is 203 Å². The van der Waals surface area contributed by atoms with Gasteiger partial charge in [-0.15, -0.1) is 0 Å². The van der Waals surface area contributed by atoms with Gasteiger partial charge in [-0.1, -0.05) is 48.5 Å². The van der Waals surface area contributed by atoms with Crippen LogP contribution >= 0.6 is 0 Å². The highest BCUT2D eigenvalue weighted by molar-refractivity contribution is 5.98. The minimum Gasteiger partial charge on any atom is -0.382 e. The van der Waals surface area contributed by atoms with E-state index in [1.165, 1.54) is 0 Å². The highest BCUT2D eigenvalue weighted by Crippen LogP contribution is 2.21. The normalized spacial score (nSPS) is 10.6. The maximum atomic E-state index is 12.4. The summed E-state index contributed by atoms with van der Waals surface area (Å²) in [5.41, 5.74) is 8.43. The lowest BCUT2D eigenvalue weighted by Crippen LogP contribution is -2.31. The number of amides is 2. The third-order valence-electron chi connectivity index (χ3n) is 5.67. The Morgan fingerprint density at radius 2 is 1.69 bits per heavy atom. The Kier molecular flexibility index (Phi) is 7.38. The van der Waals surface area contributed by atoms with Crippen LogP contribution in [0.25, 0.3) is 16.5 Å². The van der Waals surface area contributed by atoms with E-state index in [1.54, 1.807) is 10.7 Å². The van der Waals surface area contributed by atoms with Gasteiger partial charge in [0.1, 0.15) is 17.5 Å². The first kappa shape index (κ1) is 23.5. The van der Waals surface area contributed by atoms with Gasteiger partial charge >= 0.3 is 0 Å². The molecule has 0 aliphatic heterocycles. The summed E-state index contributed by atoms with van der Waals surface area (Å²) in [6.45, 7) is 0.675. The van der Waals surface area contributed by atoms with E-state index in [4.69, 9.17) is 5.73 Å². The number of aryl methyl sites for hydroxylation is 1. The monoisotopic (exact) mass is 466 g/mol. The number of benzene rings is 3. The van der Waals surface area contributed by atoms with Crippen molar-refractivity contribution in [2.75, 3.05) is 18.8 Å². The molecule has 4 N–H and O–H groups in total. The van der Waals surface area contributed by atoms with Crippen molar-refractivity contribution in [3.8, 4) is 11.8 Å². The van der Waals surface area contributed by atoms with E-state index in [0.29, 0.717) is 42.0 Å². The summed E-state index contributed by atoms with van der Waals surface area (Å²) in [5.74, 6) is -0.0577. The molecule has 176 valence electrons. The number of nitrogens with zero attached hydrogens (tertiary/aromatic N) is 3. The summed E-state index contributed by atoms with van der Waals surface area (Å²) < 4.78 is 1.56. The molecule has 3 aromatic carbocycles. The number of hydrogen-bond acceptors (Lipinski definition) is 5. The Balaban J connectivity index is 1.21. The molecule has 1 heterocycles. The molecule has 0 radical (unpaired) electrons. The van der Waals surface area contributed by atoms with E-state index in [2.05, 4.69) is 21.8 Å². The molecule has 4 rings (SSSR count). The predicted octanol–water partition coefficient (Wildman–Crippen LogP) is 3.35. The number of carbonyl (C=O) groups excluding carboxylic acids is 2. The molecule has 2 amide bonds. The first-order chi connectivity index (χ1) is 17.1. The van der Waals surface area contributed by atoms with Gasteiger partial charge in [0, 0.05) is 25.1 Å². The number of hydrogen-bond donors (Lipinski definition) is 3. The SMILES string of the molecule is N#Cc1c(CCCNC(=O)CCNC(=O)c2ccc3ccccc3c2)nn(-c2ccccc2)c1N. The summed E-state index contributed by atoms with van der Waals surface area (Å²) in [6.07, 6.45) is 1.29. The summed E-state index contributed by atoms with van der Waals surface area (Å²) >= 11 is 0. The van der Waals surface area contributed by atoms with Crippen molar-refractivity contribution in [2.45, 2.75) is 19.3 Å². The highest BCUT2D eigenvalue weighted by atomic mass is 16.2. The quantitative estimate of drug-likeness (QED) is 0.326. The van der Waals surface area contributed by atoms with Gasteiger partial charge in [-0.05, 0) is 47.9 Å². The maximum Gasteiger partial charge on any atom is 0.251 e. The van der Waals surface area contributed by atoms with Crippen LogP contribution in [-0.2, 0) is 11.2 Å². The molecule has 0 fully saturated rings. The van der Waals surface area contributed by atoms with E-state index < -0.39 is 0 Å². The fraction of sp³-hybridized carbons (Fsp3) is 0.185. The maximum absolute atomic E-state index is 12.4. The van der Waals surface area contributed by atoms with Gasteiger partial charge < -0.3 is 16.4 Å². The lowest BCUT2D eigenvalue weighted by atomic mass is 10.1. The molecule has 0 unspecified atom stereocenters. The molecule has 0 spiro atoms. The van der Waals surface area contributed by atoms with Gasteiger partial charge in [0.25, 0.3) is 5.91 Å². The zero-order chi connectivity index (χ0) is 24.6. The fourth-order valence-electron chi connectivity index (χ4n) is 3.84. The Morgan fingerprint density at radius 1 is 0.943 bits per heavy atom. The first-order valence-electron chi connectivity index (χ1n) is 11.4. The van der Waals surface area contributed by atoms with Crippen LogP contribution in [0.1, 0.15) is 34.5 Å². The van der Waals surface area contributed by atoms with Gasteiger partial charge in [-0.25, -0.2) is 4.68 Å². The van der Waals surface area contributed by atoms with Crippen LogP contribution in [0.2, 0.25) is 0 Å². The molecule has 1 aromatic heterocycles. The van der Waals surface area contributed by atoms with Crippen molar-refractivity contribution in [3.05, 3.63) is 89.6 Å². The topological polar surface area (TPSA) is 126 Å². The van der Waals surface area contributed by atoms with Gasteiger partial charge in [0.15, 0.2) is 0 Å². The molecular weight excluding hydrogens is 440 g/mol. The van der Waals surface area contributed by atoms with E-state index in [9.17, 15) is 14.9 Å². The number of anilines is 1.